The van der Waals surface area contributed by atoms with Gasteiger partial charge in [0.15, 0.2) is 5.58 Å². The summed E-state index contributed by atoms with van der Waals surface area (Å²) in [6.45, 7) is 0. The molecule has 1 amide bonds. The molecule has 1 aromatic heterocycles. The summed E-state index contributed by atoms with van der Waals surface area (Å²) >= 11 is 0. The molecule has 1 aliphatic rings. The van der Waals surface area contributed by atoms with Crippen LogP contribution in [0, 0.1) is 5.92 Å². The number of nitrogens with zero attached hydrogens (tertiary/aromatic N) is 1. The van der Waals surface area contributed by atoms with Crippen molar-refractivity contribution in [3.63, 3.8) is 0 Å². The minimum atomic E-state index is -0.455. The Morgan fingerprint density at radius 3 is 2.65 bits per heavy atom. The van der Waals surface area contributed by atoms with Crippen molar-refractivity contribution >= 4 is 17.0 Å². The van der Waals surface area contributed by atoms with Crippen LogP contribution in [-0.4, -0.2) is 21.7 Å². The third-order valence-corrected chi connectivity index (χ3v) is 5.12. The van der Waals surface area contributed by atoms with Crippen LogP contribution in [0.4, 0.5) is 0 Å². The minimum absolute atomic E-state index is 0.157. The molecule has 6 heteroatoms. The fourth-order valence-electron chi connectivity index (χ4n) is 3.53. The predicted octanol–water partition coefficient (Wildman–Crippen LogP) is 2.37. The summed E-state index contributed by atoms with van der Waals surface area (Å²) in [5.74, 6) is -0.461. The van der Waals surface area contributed by atoms with E-state index < -0.39 is 5.76 Å². The van der Waals surface area contributed by atoms with Crippen LogP contribution in [0.1, 0.15) is 34.8 Å². The molecule has 3 aromatic rings. The number of hydrogen-bond donors (Lipinski definition) is 2. The highest BCUT2D eigenvalue weighted by molar-refractivity contribution is 5.97. The summed E-state index contributed by atoms with van der Waals surface area (Å²) in [6, 6.07) is 14.6. The number of benzene rings is 2. The fourth-order valence-corrected chi connectivity index (χ4v) is 3.53. The standard InChI is InChI=1S/C20H20N2O4/c1-22-16-11-13(7-8-17(16)26-20(22)25)19(24)21-18(14-9-15(23)10-14)12-5-3-2-4-6-12/h2-8,11,14-15,18,23H,9-10H2,1H3,(H,21,24)/t14?,15?,18-/m1/s1. The van der Waals surface area contributed by atoms with Crippen molar-refractivity contribution in [2.45, 2.75) is 25.0 Å². The van der Waals surface area contributed by atoms with Crippen molar-refractivity contribution < 1.29 is 14.3 Å². The highest BCUT2D eigenvalue weighted by Crippen LogP contribution is 2.38. The number of aromatic nitrogens is 1. The number of hydrogen-bond acceptors (Lipinski definition) is 4. The van der Waals surface area contributed by atoms with Crippen LogP contribution in [-0.2, 0) is 7.05 Å². The molecule has 2 N–H and O–H groups in total. The van der Waals surface area contributed by atoms with Gasteiger partial charge in [-0.1, -0.05) is 30.3 Å². The molecule has 0 radical (unpaired) electrons. The molecule has 134 valence electrons. The smallest absolute Gasteiger partial charge is 0.408 e. The molecule has 2 aromatic carbocycles. The molecule has 4 rings (SSSR count). The average Bonchev–Trinajstić information content (AvgIpc) is 2.91. The normalized spacial score (nSPS) is 20.5. The zero-order valence-electron chi connectivity index (χ0n) is 14.4. The number of aliphatic hydroxyl groups excluding tert-OH is 1. The summed E-state index contributed by atoms with van der Waals surface area (Å²) in [7, 11) is 1.61. The van der Waals surface area contributed by atoms with Gasteiger partial charge in [0.05, 0.1) is 17.7 Å². The molecule has 6 nitrogen and oxygen atoms in total. The lowest BCUT2D eigenvalue weighted by molar-refractivity contribution is 0.0235. The number of amides is 1. The molecule has 1 atom stereocenters. The van der Waals surface area contributed by atoms with Gasteiger partial charge in [0, 0.05) is 12.6 Å². The molecule has 1 saturated carbocycles. The van der Waals surface area contributed by atoms with Crippen molar-refractivity contribution in [1.82, 2.24) is 9.88 Å². The van der Waals surface area contributed by atoms with E-state index in [9.17, 15) is 14.7 Å². The summed E-state index contributed by atoms with van der Waals surface area (Å²) in [5, 5.41) is 12.8. The maximum atomic E-state index is 12.8. The highest BCUT2D eigenvalue weighted by Gasteiger charge is 2.35. The first-order chi connectivity index (χ1) is 12.5. The van der Waals surface area contributed by atoms with Gasteiger partial charge in [-0.3, -0.25) is 9.36 Å². The third-order valence-electron chi connectivity index (χ3n) is 5.12. The number of nitrogens with one attached hydrogen (secondary N) is 1. The van der Waals surface area contributed by atoms with E-state index >= 15 is 0 Å². The first kappa shape index (κ1) is 16.6. The number of fused-ring (bicyclic) bond motifs is 1. The lowest BCUT2D eigenvalue weighted by Gasteiger charge is -2.38. The van der Waals surface area contributed by atoms with Gasteiger partial charge in [-0.05, 0) is 42.5 Å². The molecular formula is C20H20N2O4. The first-order valence-corrected chi connectivity index (χ1v) is 8.66. The molecule has 1 heterocycles. The number of aryl methyl sites for hydroxylation is 1. The fraction of sp³-hybridized carbons (Fsp3) is 0.300. The third kappa shape index (κ3) is 2.93. The van der Waals surface area contributed by atoms with Gasteiger partial charge in [0.1, 0.15) is 0 Å². The largest absolute Gasteiger partial charge is 0.419 e. The van der Waals surface area contributed by atoms with Crippen molar-refractivity contribution in [2.75, 3.05) is 0 Å². The Morgan fingerprint density at radius 2 is 1.96 bits per heavy atom. The Bertz CT molecular complexity index is 1000. The monoisotopic (exact) mass is 352 g/mol. The Morgan fingerprint density at radius 1 is 1.23 bits per heavy atom. The molecule has 0 saturated heterocycles. The van der Waals surface area contributed by atoms with Crippen LogP contribution in [0.15, 0.2) is 57.7 Å². The van der Waals surface area contributed by atoms with E-state index in [1.165, 1.54) is 4.57 Å². The van der Waals surface area contributed by atoms with E-state index in [2.05, 4.69) is 5.32 Å². The van der Waals surface area contributed by atoms with Gasteiger partial charge in [0.25, 0.3) is 5.91 Å². The second-order valence-electron chi connectivity index (χ2n) is 6.86. The lowest BCUT2D eigenvalue weighted by atomic mass is 9.75. The van der Waals surface area contributed by atoms with Crippen molar-refractivity contribution in [1.29, 1.82) is 0 Å². The second-order valence-corrected chi connectivity index (χ2v) is 6.86. The maximum Gasteiger partial charge on any atom is 0.419 e. The molecule has 1 aliphatic carbocycles. The van der Waals surface area contributed by atoms with Gasteiger partial charge < -0.3 is 14.8 Å². The SMILES string of the molecule is Cn1c(=O)oc2ccc(C(=O)N[C@H](c3ccccc3)C3CC(O)C3)cc21. The Kier molecular flexibility index (Phi) is 4.12. The molecule has 1 fully saturated rings. The molecule has 0 bridgehead atoms. The number of rotatable bonds is 4. The van der Waals surface area contributed by atoms with Gasteiger partial charge in [-0.15, -0.1) is 0 Å². The van der Waals surface area contributed by atoms with Gasteiger partial charge in [-0.2, -0.15) is 0 Å². The molecule has 0 spiro atoms. The van der Waals surface area contributed by atoms with Crippen molar-refractivity contribution in [3.05, 3.63) is 70.2 Å². The molecule has 0 unspecified atom stereocenters. The number of aliphatic hydroxyl groups is 1. The Labute approximate surface area is 150 Å². The molecule has 0 aliphatic heterocycles. The van der Waals surface area contributed by atoms with Crippen LogP contribution >= 0.6 is 0 Å². The van der Waals surface area contributed by atoms with Crippen LogP contribution in [0.2, 0.25) is 0 Å². The van der Waals surface area contributed by atoms with Crippen LogP contribution in [0.25, 0.3) is 11.1 Å². The lowest BCUT2D eigenvalue weighted by Crippen LogP contribution is -2.41. The zero-order chi connectivity index (χ0) is 18.3. The summed E-state index contributed by atoms with van der Waals surface area (Å²) in [6.07, 6.45) is 1.06. The van der Waals surface area contributed by atoms with Crippen molar-refractivity contribution in [3.8, 4) is 0 Å². The van der Waals surface area contributed by atoms with Gasteiger partial charge in [-0.25, -0.2) is 4.79 Å². The maximum absolute atomic E-state index is 12.8. The molecular weight excluding hydrogens is 332 g/mol. The van der Waals surface area contributed by atoms with Crippen LogP contribution < -0.4 is 11.1 Å². The summed E-state index contributed by atoms with van der Waals surface area (Å²) in [5.41, 5.74) is 2.53. The molecule has 26 heavy (non-hydrogen) atoms. The predicted molar refractivity (Wildman–Crippen MR) is 96.8 cm³/mol. The van der Waals surface area contributed by atoms with Crippen LogP contribution in [0.5, 0.6) is 0 Å². The van der Waals surface area contributed by atoms with E-state index in [1.807, 2.05) is 30.3 Å². The van der Waals surface area contributed by atoms with E-state index in [1.54, 1.807) is 25.2 Å². The Hall–Kier alpha value is -2.86. The van der Waals surface area contributed by atoms with Crippen LogP contribution in [0.3, 0.4) is 0 Å². The number of carbonyl (C=O) groups is 1. The van der Waals surface area contributed by atoms with E-state index in [0.717, 1.165) is 5.56 Å². The summed E-state index contributed by atoms with van der Waals surface area (Å²) < 4.78 is 6.49. The first-order valence-electron chi connectivity index (χ1n) is 8.66. The second kappa shape index (κ2) is 6.46. The topological polar surface area (TPSA) is 84.5 Å². The zero-order valence-corrected chi connectivity index (χ0v) is 14.4. The number of oxazole rings is 1. The van der Waals surface area contributed by atoms with Gasteiger partial charge in [0.2, 0.25) is 0 Å². The van der Waals surface area contributed by atoms with Gasteiger partial charge >= 0.3 is 5.76 Å². The quantitative estimate of drug-likeness (QED) is 0.755. The minimum Gasteiger partial charge on any atom is -0.408 e. The Balaban J connectivity index is 1.62. The highest BCUT2D eigenvalue weighted by atomic mass is 16.4. The summed E-state index contributed by atoms with van der Waals surface area (Å²) in [4.78, 5) is 24.4. The van der Waals surface area contributed by atoms with E-state index in [-0.39, 0.29) is 24.0 Å². The number of carbonyl (C=O) groups excluding carboxylic acids is 1. The van der Waals surface area contributed by atoms with Crippen molar-refractivity contribution in [2.24, 2.45) is 13.0 Å². The average molecular weight is 352 g/mol. The van der Waals surface area contributed by atoms with E-state index in [0.29, 0.717) is 29.5 Å². The van der Waals surface area contributed by atoms with E-state index in [4.69, 9.17) is 4.42 Å².